The third kappa shape index (κ3) is 4.35. The largest absolute Gasteiger partial charge is 0.343 e. The maximum Gasteiger partial charge on any atom is 0.226 e. The third-order valence-electron chi connectivity index (χ3n) is 4.30. The fourth-order valence-electron chi connectivity index (χ4n) is 2.81. The van der Waals surface area contributed by atoms with Gasteiger partial charge in [0.2, 0.25) is 17.6 Å². The smallest absolute Gasteiger partial charge is 0.226 e. The van der Waals surface area contributed by atoms with Crippen molar-refractivity contribution in [1.29, 1.82) is 0 Å². The second-order valence-electron chi connectivity index (χ2n) is 5.96. The van der Waals surface area contributed by atoms with E-state index < -0.39 is 0 Å². The Morgan fingerprint density at radius 1 is 1.42 bits per heavy atom. The predicted molar refractivity (Wildman–Crippen MR) is 93.6 cm³/mol. The Bertz CT molecular complexity index is 656. The number of aromatic nitrogens is 3. The van der Waals surface area contributed by atoms with Crippen LogP contribution in [0, 0.1) is 0 Å². The number of nitrogens with zero attached hydrogens (tertiary/aromatic N) is 4. The quantitative estimate of drug-likeness (QED) is 0.801. The highest BCUT2D eigenvalue weighted by Gasteiger charge is 2.22. The fourth-order valence-corrected chi connectivity index (χ4v) is 3.89. The van der Waals surface area contributed by atoms with E-state index in [1.54, 1.807) is 12.4 Å². The first-order chi connectivity index (χ1) is 11.7. The SMILES string of the molecule is CN(C(=O)CCCc1nc(-c2cccnc2)no1)C1CCSCC1. The molecule has 0 saturated carbocycles. The number of amides is 1. The second kappa shape index (κ2) is 8.28. The van der Waals surface area contributed by atoms with Crippen LogP contribution in [-0.4, -0.2) is 50.5 Å². The van der Waals surface area contributed by atoms with Gasteiger partial charge in [0.25, 0.3) is 0 Å². The number of hydrogen-bond acceptors (Lipinski definition) is 6. The van der Waals surface area contributed by atoms with E-state index in [4.69, 9.17) is 4.52 Å². The van der Waals surface area contributed by atoms with Crippen LogP contribution in [0.25, 0.3) is 11.4 Å². The molecule has 1 saturated heterocycles. The molecule has 7 heteroatoms. The molecule has 0 spiro atoms. The molecule has 3 heterocycles. The first-order valence-electron chi connectivity index (χ1n) is 8.30. The van der Waals surface area contributed by atoms with Gasteiger partial charge in [-0.05, 0) is 42.9 Å². The van der Waals surface area contributed by atoms with Gasteiger partial charge >= 0.3 is 0 Å². The lowest BCUT2D eigenvalue weighted by molar-refractivity contribution is -0.132. The minimum atomic E-state index is 0.207. The van der Waals surface area contributed by atoms with Gasteiger partial charge in [-0.15, -0.1) is 0 Å². The van der Waals surface area contributed by atoms with Crippen LogP contribution in [0.15, 0.2) is 29.0 Å². The summed E-state index contributed by atoms with van der Waals surface area (Å²) in [6.07, 6.45) is 7.47. The number of carbonyl (C=O) groups excluding carboxylic acids is 1. The summed E-state index contributed by atoms with van der Waals surface area (Å²) in [6, 6.07) is 4.13. The molecular formula is C17H22N4O2S. The predicted octanol–water partition coefficient (Wildman–Crippen LogP) is 2.81. The van der Waals surface area contributed by atoms with Crippen LogP contribution in [0.1, 0.15) is 31.6 Å². The fraction of sp³-hybridized carbons (Fsp3) is 0.529. The molecule has 0 atom stereocenters. The van der Waals surface area contributed by atoms with Crippen LogP contribution >= 0.6 is 11.8 Å². The Labute approximate surface area is 146 Å². The van der Waals surface area contributed by atoms with Crippen molar-refractivity contribution in [3.63, 3.8) is 0 Å². The molecular weight excluding hydrogens is 324 g/mol. The van der Waals surface area contributed by atoms with E-state index in [2.05, 4.69) is 15.1 Å². The lowest BCUT2D eigenvalue weighted by atomic mass is 10.1. The van der Waals surface area contributed by atoms with Crippen molar-refractivity contribution >= 4 is 17.7 Å². The van der Waals surface area contributed by atoms with E-state index in [1.807, 2.05) is 35.8 Å². The van der Waals surface area contributed by atoms with Gasteiger partial charge in [0.1, 0.15) is 0 Å². The maximum absolute atomic E-state index is 12.3. The zero-order chi connectivity index (χ0) is 16.8. The molecule has 0 radical (unpaired) electrons. The van der Waals surface area contributed by atoms with Crippen molar-refractivity contribution in [3.8, 4) is 11.4 Å². The summed E-state index contributed by atoms with van der Waals surface area (Å²) in [5, 5.41) is 3.97. The van der Waals surface area contributed by atoms with Crippen LogP contribution in [0.5, 0.6) is 0 Å². The second-order valence-corrected chi connectivity index (χ2v) is 7.18. The molecule has 0 unspecified atom stereocenters. The summed E-state index contributed by atoms with van der Waals surface area (Å²) >= 11 is 1.97. The molecule has 3 rings (SSSR count). The number of aryl methyl sites for hydroxylation is 1. The van der Waals surface area contributed by atoms with Crippen LogP contribution < -0.4 is 0 Å². The molecule has 1 amide bonds. The van der Waals surface area contributed by atoms with Gasteiger partial charge in [-0.25, -0.2) is 0 Å². The van der Waals surface area contributed by atoms with Crippen molar-refractivity contribution in [1.82, 2.24) is 20.0 Å². The molecule has 128 valence electrons. The highest BCUT2D eigenvalue weighted by molar-refractivity contribution is 7.99. The van der Waals surface area contributed by atoms with Crippen molar-refractivity contribution in [2.45, 2.75) is 38.1 Å². The van der Waals surface area contributed by atoms with Crippen molar-refractivity contribution in [3.05, 3.63) is 30.4 Å². The lowest BCUT2D eigenvalue weighted by Gasteiger charge is -2.31. The highest BCUT2D eigenvalue weighted by atomic mass is 32.2. The van der Waals surface area contributed by atoms with Gasteiger partial charge in [-0.2, -0.15) is 16.7 Å². The summed E-state index contributed by atoms with van der Waals surface area (Å²) in [7, 11) is 1.93. The number of carbonyl (C=O) groups is 1. The summed E-state index contributed by atoms with van der Waals surface area (Å²) in [6.45, 7) is 0. The highest BCUT2D eigenvalue weighted by Crippen LogP contribution is 2.21. The van der Waals surface area contributed by atoms with Crippen LogP contribution in [0.2, 0.25) is 0 Å². The van der Waals surface area contributed by atoms with Gasteiger partial charge in [0.15, 0.2) is 0 Å². The Hall–Kier alpha value is -1.89. The average Bonchev–Trinajstić information content (AvgIpc) is 3.11. The van der Waals surface area contributed by atoms with E-state index in [9.17, 15) is 4.79 Å². The van der Waals surface area contributed by atoms with Crippen molar-refractivity contribution in [2.24, 2.45) is 0 Å². The van der Waals surface area contributed by atoms with Crippen LogP contribution in [-0.2, 0) is 11.2 Å². The van der Waals surface area contributed by atoms with Gasteiger partial charge < -0.3 is 9.42 Å². The number of pyridine rings is 1. The van der Waals surface area contributed by atoms with Crippen LogP contribution in [0.4, 0.5) is 0 Å². The molecule has 1 aliphatic rings. The van der Waals surface area contributed by atoms with E-state index in [0.29, 0.717) is 30.6 Å². The maximum atomic E-state index is 12.3. The van der Waals surface area contributed by atoms with Crippen molar-refractivity contribution in [2.75, 3.05) is 18.6 Å². The Morgan fingerprint density at radius 3 is 3.00 bits per heavy atom. The first kappa shape index (κ1) is 17.0. The third-order valence-corrected chi connectivity index (χ3v) is 5.35. The number of hydrogen-bond donors (Lipinski definition) is 0. The minimum absolute atomic E-state index is 0.207. The number of thioether (sulfide) groups is 1. The van der Waals surface area contributed by atoms with Gasteiger partial charge in [-0.3, -0.25) is 9.78 Å². The average molecular weight is 346 g/mol. The molecule has 2 aromatic rings. The summed E-state index contributed by atoms with van der Waals surface area (Å²) in [5.74, 6) is 3.63. The van der Waals surface area contributed by atoms with E-state index in [1.165, 1.54) is 0 Å². The van der Waals surface area contributed by atoms with E-state index in [0.717, 1.165) is 36.3 Å². The standard InChI is InChI=1S/C17H22N4O2S/c1-21(14-7-10-24-11-8-14)16(22)6-2-5-15-19-17(20-23-15)13-4-3-9-18-12-13/h3-4,9,12,14H,2,5-8,10-11H2,1H3. The molecule has 0 N–H and O–H groups in total. The zero-order valence-corrected chi connectivity index (χ0v) is 14.7. The summed E-state index contributed by atoms with van der Waals surface area (Å²) in [5.41, 5.74) is 0.832. The van der Waals surface area contributed by atoms with Crippen LogP contribution in [0.3, 0.4) is 0 Å². The molecule has 0 bridgehead atoms. The molecule has 1 aliphatic heterocycles. The summed E-state index contributed by atoms with van der Waals surface area (Å²) in [4.78, 5) is 22.6. The van der Waals surface area contributed by atoms with Gasteiger partial charge in [-0.1, -0.05) is 5.16 Å². The monoisotopic (exact) mass is 346 g/mol. The first-order valence-corrected chi connectivity index (χ1v) is 9.46. The topological polar surface area (TPSA) is 72.1 Å². The molecule has 2 aromatic heterocycles. The number of rotatable bonds is 6. The Morgan fingerprint density at radius 2 is 2.25 bits per heavy atom. The van der Waals surface area contributed by atoms with Gasteiger partial charge in [0.05, 0.1) is 0 Å². The lowest BCUT2D eigenvalue weighted by Crippen LogP contribution is -2.39. The van der Waals surface area contributed by atoms with Gasteiger partial charge in [0, 0.05) is 43.9 Å². The minimum Gasteiger partial charge on any atom is -0.343 e. The van der Waals surface area contributed by atoms with E-state index in [-0.39, 0.29) is 5.91 Å². The Kier molecular flexibility index (Phi) is 5.85. The normalized spacial score (nSPS) is 15.4. The van der Waals surface area contributed by atoms with E-state index >= 15 is 0 Å². The summed E-state index contributed by atoms with van der Waals surface area (Å²) < 4.78 is 5.26. The molecule has 0 aromatic carbocycles. The zero-order valence-electron chi connectivity index (χ0n) is 13.9. The molecule has 1 fully saturated rings. The molecule has 6 nitrogen and oxygen atoms in total. The molecule has 0 aliphatic carbocycles. The Balaban J connectivity index is 1.46. The van der Waals surface area contributed by atoms with Crippen molar-refractivity contribution < 1.29 is 9.32 Å². The molecule has 24 heavy (non-hydrogen) atoms.